The Hall–Kier alpha value is -1.78. The minimum absolute atomic E-state index is 0.0469. The molecule has 0 saturated heterocycles. The summed E-state index contributed by atoms with van der Waals surface area (Å²) in [7, 11) is -3.68. The van der Waals surface area contributed by atoms with Crippen LogP contribution in [0.25, 0.3) is 10.1 Å². The minimum atomic E-state index is -3.68. The largest absolute Gasteiger partial charge is 0.482 e. The van der Waals surface area contributed by atoms with Gasteiger partial charge in [0.1, 0.15) is 9.96 Å². The number of hydrogen-bond donors (Lipinski definition) is 1. The molecule has 0 aliphatic heterocycles. The normalized spacial score (nSPS) is 12.9. The van der Waals surface area contributed by atoms with E-state index in [1.54, 1.807) is 28.2 Å². The quantitative estimate of drug-likeness (QED) is 0.253. The van der Waals surface area contributed by atoms with Gasteiger partial charge in [0, 0.05) is 33.0 Å². The number of carbonyl (C=O) groups is 1. The number of aliphatic carboxylic acids is 1. The second-order valence-corrected chi connectivity index (χ2v) is 13.3. The Morgan fingerprint density at radius 3 is 2.57 bits per heavy atom. The molecule has 0 radical (unpaired) electrons. The Bertz CT molecular complexity index is 1310. The van der Waals surface area contributed by atoms with E-state index >= 15 is 0 Å². The predicted octanol–water partition coefficient (Wildman–Crippen LogP) is 6.61. The fourth-order valence-electron chi connectivity index (χ4n) is 3.76. The molecule has 1 N–H and O–H groups in total. The van der Waals surface area contributed by atoms with E-state index in [2.05, 4.69) is 6.92 Å². The molecule has 6 nitrogen and oxygen atoms in total. The molecule has 35 heavy (non-hydrogen) atoms. The van der Waals surface area contributed by atoms with E-state index in [1.807, 2.05) is 45.0 Å². The maximum atomic E-state index is 13.8. The van der Waals surface area contributed by atoms with Gasteiger partial charge < -0.3 is 9.84 Å². The maximum Gasteiger partial charge on any atom is 0.341 e. The first-order valence-electron chi connectivity index (χ1n) is 11.4. The number of aryl methyl sites for hydroxylation is 2. The van der Waals surface area contributed by atoms with Crippen LogP contribution in [-0.4, -0.2) is 48.7 Å². The lowest BCUT2D eigenvalue weighted by Crippen LogP contribution is -2.37. The average molecular weight is 556 g/mol. The highest BCUT2D eigenvalue weighted by atomic mass is 35.5. The Balaban J connectivity index is 1.83. The topological polar surface area (TPSA) is 83.9 Å². The van der Waals surface area contributed by atoms with Gasteiger partial charge >= 0.3 is 5.97 Å². The van der Waals surface area contributed by atoms with Crippen molar-refractivity contribution < 1.29 is 23.1 Å². The van der Waals surface area contributed by atoms with Gasteiger partial charge in [0.05, 0.1) is 0 Å². The average Bonchev–Trinajstić information content (AvgIpc) is 3.14. The van der Waals surface area contributed by atoms with Gasteiger partial charge in [-0.3, -0.25) is 0 Å². The van der Waals surface area contributed by atoms with E-state index in [0.29, 0.717) is 34.5 Å². The maximum absolute atomic E-state index is 13.8. The van der Waals surface area contributed by atoms with Crippen LogP contribution < -0.4 is 4.74 Å². The number of nitrogens with zero attached hydrogens (tertiary/aromatic N) is 1. The molecular formula is C25H30ClNO5S3. The summed E-state index contributed by atoms with van der Waals surface area (Å²) >= 11 is 9.06. The van der Waals surface area contributed by atoms with Gasteiger partial charge in [-0.2, -0.15) is 4.31 Å². The zero-order valence-corrected chi connectivity index (χ0v) is 23.4. The molecule has 0 aliphatic carbocycles. The van der Waals surface area contributed by atoms with Crippen molar-refractivity contribution in [2.24, 2.45) is 0 Å². The first-order valence-corrected chi connectivity index (χ1v) is 14.9. The standard InChI is InChI=1S/C25H30ClNO5S3/c1-5-11-27(35(30,31)25-17(4)21-13-18(26)7-10-23(21)34-25)14-19(6-2)33-20-8-9-22(16(3)12-20)32-15-24(28)29/h7-10,12-13,19H,5-6,11,14-15H2,1-4H3,(H,28,29). The number of thioether (sulfide) groups is 1. The predicted molar refractivity (Wildman–Crippen MR) is 145 cm³/mol. The highest BCUT2D eigenvalue weighted by molar-refractivity contribution is 8.00. The van der Waals surface area contributed by atoms with Gasteiger partial charge in [0.15, 0.2) is 6.61 Å². The summed E-state index contributed by atoms with van der Waals surface area (Å²) in [5.74, 6) is -0.497. The number of ether oxygens (including phenoxy) is 1. The number of sulfonamides is 1. The molecule has 0 aliphatic rings. The van der Waals surface area contributed by atoms with Crippen LogP contribution in [0.1, 0.15) is 37.8 Å². The summed E-state index contributed by atoms with van der Waals surface area (Å²) < 4.78 is 35.7. The molecule has 1 atom stereocenters. The molecule has 2 aromatic carbocycles. The molecule has 0 saturated carbocycles. The number of carboxylic acids is 1. The zero-order chi connectivity index (χ0) is 25.8. The van der Waals surface area contributed by atoms with E-state index in [1.165, 1.54) is 11.3 Å². The lowest BCUT2D eigenvalue weighted by molar-refractivity contribution is -0.139. The smallest absolute Gasteiger partial charge is 0.341 e. The van der Waals surface area contributed by atoms with Crippen LogP contribution in [0.3, 0.4) is 0 Å². The molecule has 0 spiro atoms. The van der Waals surface area contributed by atoms with Gasteiger partial charge in [-0.15, -0.1) is 23.1 Å². The van der Waals surface area contributed by atoms with E-state index in [9.17, 15) is 13.2 Å². The Morgan fingerprint density at radius 1 is 1.20 bits per heavy atom. The van der Waals surface area contributed by atoms with Crippen molar-refractivity contribution in [1.82, 2.24) is 4.31 Å². The zero-order valence-electron chi connectivity index (χ0n) is 20.2. The number of thiophene rings is 1. The van der Waals surface area contributed by atoms with Crippen molar-refractivity contribution in [3.8, 4) is 5.75 Å². The Morgan fingerprint density at radius 2 is 1.94 bits per heavy atom. The van der Waals surface area contributed by atoms with Crippen LogP contribution >= 0.6 is 34.7 Å². The molecule has 0 bridgehead atoms. The highest BCUT2D eigenvalue weighted by Gasteiger charge is 2.30. The Labute approximate surface area is 220 Å². The fraction of sp³-hybridized carbons (Fsp3) is 0.400. The van der Waals surface area contributed by atoms with Crippen LogP contribution in [-0.2, 0) is 14.8 Å². The molecule has 1 unspecified atom stereocenters. The van der Waals surface area contributed by atoms with Crippen LogP contribution in [0.4, 0.5) is 0 Å². The van der Waals surface area contributed by atoms with Gasteiger partial charge in [0.25, 0.3) is 10.0 Å². The van der Waals surface area contributed by atoms with E-state index in [-0.39, 0.29) is 5.25 Å². The lowest BCUT2D eigenvalue weighted by atomic mass is 10.2. The second kappa shape index (κ2) is 12.0. The molecule has 1 aromatic heterocycles. The highest BCUT2D eigenvalue weighted by Crippen LogP contribution is 2.38. The summed E-state index contributed by atoms with van der Waals surface area (Å²) in [6, 6.07) is 11.1. The van der Waals surface area contributed by atoms with Crippen LogP contribution in [0, 0.1) is 13.8 Å². The van der Waals surface area contributed by atoms with Crippen molar-refractivity contribution in [1.29, 1.82) is 0 Å². The van der Waals surface area contributed by atoms with Crippen molar-refractivity contribution in [2.75, 3.05) is 19.7 Å². The molecule has 0 fully saturated rings. The molecular weight excluding hydrogens is 526 g/mol. The van der Waals surface area contributed by atoms with E-state index < -0.39 is 22.6 Å². The first kappa shape index (κ1) is 27.8. The monoisotopic (exact) mass is 555 g/mol. The Kier molecular flexibility index (Phi) is 9.51. The van der Waals surface area contributed by atoms with Crippen molar-refractivity contribution in [3.05, 3.63) is 52.5 Å². The summed E-state index contributed by atoms with van der Waals surface area (Å²) in [6.07, 6.45) is 1.50. The van der Waals surface area contributed by atoms with Crippen molar-refractivity contribution in [2.45, 2.75) is 54.9 Å². The molecule has 10 heteroatoms. The number of rotatable bonds is 12. The molecule has 0 amide bonds. The van der Waals surface area contributed by atoms with E-state index in [4.69, 9.17) is 21.4 Å². The number of benzene rings is 2. The summed E-state index contributed by atoms with van der Waals surface area (Å²) in [6.45, 7) is 8.18. The lowest BCUT2D eigenvalue weighted by Gasteiger charge is -2.26. The molecule has 3 aromatic rings. The summed E-state index contributed by atoms with van der Waals surface area (Å²) in [5.41, 5.74) is 1.57. The van der Waals surface area contributed by atoms with E-state index in [0.717, 1.165) is 32.5 Å². The number of carboxylic acid groups (broad SMARTS) is 1. The third-order valence-corrected chi connectivity index (χ3v) is 10.9. The number of fused-ring (bicyclic) bond motifs is 1. The first-order chi connectivity index (χ1) is 16.6. The summed E-state index contributed by atoms with van der Waals surface area (Å²) in [5, 5.41) is 10.3. The third-order valence-electron chi connectivity index (χ3n) is 5.56. The third kappa shape index (κ3) is 6.71. The van der Waals surface area contributed by atoms with Crippen molar-refractivity contribution in [3.63, 3.8) is 0 Å². The minimum Gasteiger partial charge on any atom is -0.482 e. The van der Waals surface area contributed by atoms with Gasteiger partial charge in [-0.1, -0.05) is 25.4 Å². The molecule has 190 valence electrons. The van der Waals surface area contributed by atoms with Gasteiger partial charge in [-0.25, -0.2) is 13.2 Å². The molecule has 1 heterocycles. The van der Waals surface area contributed by atoms with Crippen LogP contribution in [0.15, 0.2) is 45.5 Å². The van der Waals surface area contributed by atoms with Gasteiger partial charge in [-0.05, 0) is 79.6 Å². The number of hydrogen-bond acceptors (Lipinski definition) is 6. The number of halogens is 1. The van der Waals surface area contributed by atoms with Crippen LogP contribution in [0.2, 0.25) is 5.02 Å². The van der Waals surface area contributed by atoms with Crippen LogP contribution in [0.5, 0.6) is 5.75 Å². The van der Waals surface area contributed by atoms with Crippen molar-refractivity contribution >= 4 is 60.8 Å². The van der Waals surface area contributed by atoms with Gasteiger partial charge in [0.2, 0.25) is 0 Å². The SMILES string of the molecule is CCCN(CC(CC)Sc1ccc(OCC(=O)O)c(C)c1)S(=O)(=O)c1sc2ccc(Cl)cc2c1C. The second-order valence-electron chi connectivity index (χ2n) is 8.28. The molecule has 3 rings (SSSR count). The summed E-state index contributed by atoms with van der Waals surface area (Å²) in [4.78, 5) is 11.8. The fourth-order valence-corrected chi connectivity index (χ4v) is 8.68.